The van der Waals surface area contributed by atoms with Crippen LogP contribution < -0.4 is 0 Å². The van der Waals surface area contributed by atoms with E-state index >= 15 is 0 Å². The zero-order valence-electron chi connectivity index (χ0n) is 5.14. The summed E-state index contributed by atoms with van der Waals surface area (Å²) in [4.78, 5) is 0. The van der Waals surface area contributed by atoms with Crippen molar-refractivity contribution in [2.24, 2.45) is 0 Å². The topological polar surface area (TPSA) is 77.6 Å². The molecule has 0 aliphatic heterocycles. The largest absolute Gasteiger partial charge is 0.332 e. The van der Waals surface area contributed by atoms with Gasteiger partial charge in [0.2, 0.25) is 0 Å². The Morgan fingerprint density at radius 1 is 1.20 bits per heavy atom. The second-order valence-corrected chi connectivity index (χ2v) is 1.80. The van der Waals surface area contributed by atoms with Gasteiger partial charge in [-0.1, -0.05) is 10.3 Å². The monoisotopic (exact) mass is 137 g/mol. The van der Waals surface area contributed by atoms with E-state index in [0.717, 1.165) is 0 Å². The summed E-state index contributed by atoms with van der Waals surface area (Å²) in [6.07, 6.45) is 0. The lowest BCUT2D eigenvalue weighted by Gasteiger charge is -1.77. The van der Waals surface area contributed by atoms with Gasteiger partial charge in [-0.05, 0) is 17.4 Å². The molecule has 50 valence electrons. The first kappa shape index (κ1) is 5.21. The number of aryl methyl sites for hydroxylation is 1. The van der Waals surface area contributed by atoms with E-state index in [1.165, 1.54) is 0 Å². The third-order valence-electron chi connectivity index (χ3n) is 1.13. The molecule has 2 aromatic heterocycles. The molecule has 6 heteroatoms. The van der Waals surface area contributed by atoms with Crippen LogP contribution in [0.5, 0.6) is 0 Å². The molecule has 2 heterocycles. The van der Waals surface area contributed by atoms with Crippen LogP contribution in [0.15, 0.2) is 4.52 Å². The van der Waals surface area contributed by atoms with E-state index in [1.807, 2.05) is 0 Å². The van der Waals surface area contributed by atoms with Crippen LogP contribution in [0.2, 0.25) is 0 Å². The Morgan fingerprint density at radius 3 is 2.80 bits per heavy atom. The smallest absolute Gasteiger partial charge is 0.298 e. The fourth-order valence-corrected chi connectivity index (χ4v) is 0.659. The Kier molecular flexibility index (Phi) is 0.883. The average molecular weight is 137 g/mol. The van der Waals surface area contributed by atoms with Crippen LogP contribution in [0.4, 0.5) is 0 Å². The summed E-state index contributed by atoms with van der Waals surface area (Å²) in [5, 5.41) is 17.4. The van der Waals surface area contributed by atoms with E-state index in [0.29, 0.717) is 16.9 Å². The molecule has 0 aromatic carbocycles. The van der Waals surface area contributed by atoms with Crippen molar-refractivity contribution in [3.8, 4) is 0 Å². The van der Waals surface area contributed by atoms with Gasteiger partial charge in [0.1, 0.15) is 5.69 Å². The predicted octanol–water partition coefficient (Wildman–Crippen LogP) is -0.284. The van der Waals surface area contributed by atoms with Gasteiger partial charge >= 0.3 is 0 Å². The molecule has 0 aliphatic carbocycles. The molecular weight excluding hydrogens is 134 g/mol. The highest BCUT2D eigenvalue weighted by Crippen LogP contribution is 2.08. The van der Waals surface area contributed by atoms with E-state index < -0.39 is 0 Å². The minimum Gasteiger partial charge on any atom is -0.332 e. The lowest BCUT2D eigenvalue weighted by molar-refractivity contribution is 0.438. The van der Waals surface area contributed by atoms with Crippen molar-refractivity contribution in [1.29, 1.82) is 0 Å². The lowest BCUT2D eigenvalue weighted by Crippen LogP contribution is -1.89. The minimum atomic E-state index is 0.326. The predicted molar refractivity (Wildman–Crippen MR) is 29.9 cm³/mol. The van der Waals surface area contributed by atoms with E-state index in [-0.39, 0.29) is 0 Å². The molecule has 0 fully saturated rings. The molecule has 0 saturated heterocycles. The highest BCUT2D eigenvalue weighted by Gasteiger charge is 2.05. The number of aromatic nitrogens is 5. The summed E-state index contributed by atoms with van der Waals surface area (Å²) >= 11 is 0. The summed E-state index contributed by atoms with van der Waals surface area (Å²) in [5.74, 6) is 0. The SMILES string of the molecule is Cc1noc2nnnnc12. The Balaban J connectivity index is 2.93. The number of fused-ring (bicyclic) bond motifs is 1. The maximum absolute atomic E-state index is 4.72. The van der Waals surface area contributed by atoms with Crippen molar-refractivity contribution in [3.05, 3.63) is 5.69 Å². The Hall–Kier alpha value is -1.59. The second kappa shape index (κ2) is 1.69. The van der Waals surface area contributed by atoms with Gasteiger partial charge in [-0.2, -0.15) is 0 Å². The zero-order valence-corrected chi connectivity index (χ0v) is 5.14. The molecule has 0 bridgehead atoms. The highest BCUT2D eigenvalue weighted by molar-refractivity contribution is 5.68. The van der Waals surface area contributed by atoms with Crippen molar-refractivity contribution >= 4 is 11.2 Å². The van der Waals surface area contributed by atoms with Crippen molar-refractivity contribution in [2.75, 3.05) is 0 Å². The Morgan fingerprint density at radius 2 is 2.00 bits per heavy atom. The van der Waals surface area contributed by atoms with E-state index in [9.17, 15) is 0 Å². The van der Waals surface area contributed by atoms with E-state index in [1.54, 1.807) is 6.92 Å². The van der Waals surface area contributed by atoms with Gasteiger partial charge in [0.05, 0.1) is 0 Å². The maximum Gasteiger partial charge on any atom is 0.298 e. The Bertz CT molecular complexity index is 355. The summed E-state index contributed by atoms with van der Waals surface area (Å²) in [7, 11) is 0. The molecule has 6 nitrogen and oxygen atoms in total. The third kappa shape index (κ3) is 0.554. The van der Waals surface area contributed by atoms with Gasteiger partial charge in [0, 0.05) is 0 Å². The molecule has 0 atom stereocenters. The summed E-state index contributed by atoms with van der Waals surface area (Å²) in [6, 6.07) is 0. The van der Waals surface area contributed by atoms with Crippen molar-refractivity contribution < 1.29 is 4.52 Å². The molecule has 0 aliphatic rings. The number of hydrogen-bond acceptors (Lipinski definition) is 6. The van der Waals surface area contributed by atoms with E-state index in [2.05, 4.69) is 25.8 Å². The fourth-order valence-electron chi connectivity index (χ4n) is 0.659. The van der Waals surface area contributed by atoms with Crippen LogP contribution >= 0.6 is 0 Å². The van der Waals surface area contributed by atoms with Crippen LogP contribution in [-0.4, -0.2) is 25.8 Å². The first-order chi connectivity index (χ1) is 4.88. The lowest BCUT2D eigenvalue weighted by atomic mass is 10.4. The third-order valence-corrected chi connectivity index (χ3v) is 1.13. The number of nitrogens with zero attached hydrogens (tertiary/aromatic N) is 5. The normalized spacial score (nSPS) is 10.5. The van der Waals surface area contributed by atoms with Crippen LogP contribution in [0.25, 0.3) is 11.2 Å². The highest BCUT2D eigenvalue weighted by atomic mass is 16.5. The summed E-state index contributed by atoms with van der Waals surface area (Å²) in [6.45, 7) is 1.77. The Labute approximate surface area is 55.2 Å². The molecule has 0 radical (unpaired) electrons. The summed E-state index contributed by atoms with van der Waals surface area (Å²) in [5.41, 5.74) is 1.57. The fraction of sp³-hybridized carbons (Fsp3) is 0.250. The molecule has 0 saturated carbocycles. The minimum absolute atomic E-state index is 0.326. The maximum atomic E-state index is 4.72. The van der Waals surface area contributed by atoms with Crippen LogP contribution in [0, 0.1) is 6.92 Å². The average Bonchev–Trinajstić information content (AvgIpc) is 2.34. The molecule has 0 amide bonds. The van der Waals surface area contributed by atoms with Gasteiger partial charge in [0.15, 0.2) is 5.52 Å². The molecule has 2 aromatic rings. The van der Waals surface area contributed by atoms with Gasteiger partial charge in [0.25, 0.3) is 5.71 Å². The van der Waals surface area contributed by atoms with Crippen molar-refractivity contribution in [3.63, 3.8) is 0 Å². The summed E-state index contributed by atoms with van der Waals surface area (Å²) < 4.78 is 4.72. The molecule has 0 unspecified atom stereocenters. The van der Waals surface area contributed by atoms with Gasteiger partial charge in [-0.3, -0.25) is 0 Å². The molecule has 0 spiro atoms. The van der Waals surface area contributed by atoms with Crippen LogP contribution in [0.1, 0.15) is 5.69 Å². The van der Waals surface area contributed by atoms with Gasteiger partial charge in [-0.25, -0.2) is 0 Å². The number of hydrogen-bond donors (Lipinski definition) is 0. The van der Waals surface area contributed by atoms with Gasteiger partial charge in [-0.15, -0.1) is 5.10 Å². The molecular formula is C4H3N5O. The van der Waals surface area contributed by atoms with Crippen LogP contribution in [0.3, 0.4) is 0 Å². The number of rotatable bonds is 0. The molecule has 0 N–H and O–H groups in total. The quantitative estimate of drug-likeness (QED) is 0.496. The zero-order chi connectivity index (χ0) is 6.97. The second-order valence-electron chi connectivity index (χ2n) is 1.80. The van der Waals surface area contributed by atoms with Crippen molar-refractivity contribution in [1.82, 2.24) is 25.8 Å². The van der Waals surface area contributed by atoms with Crippen LogP contribution in [-0.2, 0) is 0 Å². The van der Waals surface area contributed by atoms with Crippen molar-refractivity contribution in [2.45, 2.75) is 6.92 Å². The standard InChI is InChI=1S/C4H3N5O/c1-2-3-4(10-7-2)6-9-8-5-3/h1H3. The molecule has 2 rings (SSSR count). The first-order valence-electron chi connectivity index (χ1n) is 2.66. The van der Waals surface area contributed by atoms with E-state index in [4.69, 9.17) is 4.52 Å². The van der Waals surface area contributed by atoms with Gasteiger partial charge < -0.3 is 4.52 Å². The molecule has 10 heavy (non-hydrogen) atoms. The first-order valence-corrected chi connectivity index (χ1v) is 2.66.